The van der Waals surface area contributed by atoms with Crippen molar-refractivity contribution in [3.63, 3.8) is 0 Å². The first kappa shape index (κ1) is 12.4. The van der Waals surface area contributed by atoms with E-state index in [2.05, 4.69) is 56.3 Å². The van der Waals surface area contributed by atoms with E-state index in [0.29, 0.717) is 0 Å². The standard InChI is InChI=1S/C17H17OS/c1-3-13(4-2)19-16-11-7-5-9-14(16)18-15-10-6-8-12-17(15)19/h3,5-12H,4H2,1-2H3/q+1/b13-3+. The number of hydrogen-bond donors (Lipinski definition) is 0. The van der Waals surface area contributed by atoms with Crippen LogP contribution in [0.25, 0.3) is 0 Å². The van der Waals surface area contributed by atoms with E-state index in [1.54, 1.807) is 0 Å². The minimum atomic E-state index is 0.00375. The molecule has 0 spiro atoms. The summed E-state index contributed by atoms with van der Waals surface area (Å²) in [5.41, 5.74) is 0. The highest BCUT2D eigenvalue weighted by Crippen LogP contribution is 2.46. The largest absolute Gasteiger partial charge is 0.447 e. The summed E-state index contributed by atoms with van der Waals surface area (Å²) in [7, 11) is 0.00375. The number of rotatable bonds is 2. The summed E-state index contributed by atoms with van der Waals surface area (Å²) in [6.45, 7) is 4.36. The van der Waals surface area contributed by atoms with E-state index in [-0.39, 0.29) is 10.9 Å². The maximum atomic E-state index is 6.03. The van der Waals surface area contributed by atoms with E-state index < -0.39 is 0 Å². The smallest absolute Gasteiger partial charge is 0.208 e. The zero-order chi connectivity index (χ0) is 13.2. The maximum Gasteiger partial charge on any atom is 0.208 e. The maximum absolute atomic E-state index is 6.03. The molecule has 2 heteroatoms. The van der Waals surface area contributed by atoms with Crippen molar-refractivity contribution < 1.29 is 4.74 Å². The van der Waals surface area contributed by atoms with E-state index in [4.69, 9.17) is 4.74 Å². The fourth-order valence-electron chi connectivity index (χ4n) is 2.39. The molecule has 0 fully saturated rings. The highest BCUT2D eigenvalue weighted by molar-refractivity contribution is 8.00. The molecule has 0 saturated carbocycles. The Morgan fingerprint density at radius 3 is 2.00 bits per heavy atom. The van der Waals surface area contributed by atoms with Gasteiger partial charge in [0.15, 0.2) is 11.5 Å². The van der Waals surface area contributed by atoms with Gasteiger partial charge in [-0.05, 0) is 37.3 Å². The Kier molecular flexibility index (Phi) is 3.34. The monoisotopic (exact) mass is 269 g/mol. The van der Waals surface area contributed by atoms with E-state index >= 15 is 0 Å². The third-order valence-corrected chi connectivity index (χ3v) is 5.89. The SMILES string of the molecule is C/C=C(\CC)[S+]1c2ccccc2Oc2ccccc21. The summed E-state index contributed by atoms with van der Waals surface area (Å²) in [4.78, 5) is 4.08. The Balaban J connectivity index is 2.22. The van der Waals surface area contributed by atoms with Crippen molar-refractivity contribution in [1.82, 2.24) is 0 Å². The van der Waals surface area contributed by atoms with Gasteiger partial charge in [0.2, 0.25) is 9.79 Å². The molecule has 1 heterocycles. The lowest BCUT2D eigenvalue weighted by Crippen LogP contribution is -2.13. The van der Waals surface area contributed by atoms with Crippen LogP contribution in [0.15, 0.2) is 69.3 Å². The summed E-state index contributed by atoms with van der Waals surface area (Å²) in [5.74, 6) is 2.00. The number of fused-ring (bicyclic) bond motifs is 2. The van der Waals surface area contributed by atoms with E-state index in [1.165, 1.54) is 14.7 Å². The molecule has 0 N–H and O–H groups in total. The number of allylic oxidation sites excluding steroid dienone is 2. The molecule has 96 valence electrons. The van der Waals surface area contributed by atoms with Crippen LogP contribution in [0.4, 0.5) is 0 Å². The number of benzene rings is 2. The van der Waals surface area contributed by atoms with Crippen LogP contribution in [0.2, 0.25) is 0 Å². The molecule has 2 aromatic rings. The Morgan fingerprint density at radius 2 is 1.53 bits per heavy atom. The summed E-state index contributed by atoms with van der Waals surface area (Å²) in [6.07, 6.45) is 3.32. The molecule has 0 bridgehead atoms. The zero-order valence-electron chi connectivity index (χ0n) is 11.2. The molecule has 0 atom stereocenters. The molecule has 0 aromatic heterocycles. The van der Waals surface area contributed by atoms with Gasteiger partial charge in [0, 0.05) is 6.42 Å². The predicted octanol–water partition coefficient (Wildman–Crippen LogP) is 5.14. The molecule has 1 nitrogen and oxygen atoms in total. The first-order valence-corrected chi connectivity index (χ1v) is 7.83. The Morgan fingerprint density at radius 1 is 1.00 bits per heavy atom. The summed E-state index contributed by atoms with van der Waals surface area (Å²) < 4.78 is 6.03. The van der Waals surface area contributed by atoms with Crippen molar-refractivity contribution >= 4 is 10.9 Å². The van der Waals surface area contributed by atoms with Gasteiger partial charge in [0.25, 0.3) is 0 Å². The second kappa shape index (κ2) is 5.14. The van der Waals surface area contributed by atoms with Crippen LogP contribution in [0, 0.1) is 0 Å². The first-order chi connectivity index (χ1) is 9.35. The lowest BCUT2D eigenvalue weighted by atomic mass is 10.3. The van der Waals surface area contributed by atoms with E-state index in [1.807, 2.05) is 12.1 Å². The third kappa shape index (κ3) is 2.06. The fraction of sp³-hybridized carbons (Fsp3) is 0.176. The van der Waals surface area contributed by atoms with Gasteiger partial charge in [-0.25, -0.2) is 0 Å². The van der Waals surface area contributed by atoms with Gasteiger partial charge in [0.05, 0.1) is 0 Å². The van der Waals surface area contributed by atoms with Gasteiger partial charge in [0.1, 0.15) is 15.8 Å². The van der Waals surface area contributed by atoms with E-state index in [0.717, 1.165) is 17.9 Å². The van der Waals surface area contributed by atoms with Gasteiger partial charge in [-0.2, -0.15) is 0 Å². The lowest BCUT2D eigenvalue weighted by Gasteiger charge is -2.20. The van der Waals surface area contributed by atoms with Gasteiger partial charge in [-0.1, -0.05) is 31.2 Å². The Hall–Kier alpha value is -1.67. The molecule has 0 saturated heterocycles. The van der Waals surface area contributed by atoms with Crippen molar-refractivity contribution in [1.29, 1.82) is 0 Å². The van der Waals surface area contributed by atoms with Gasteiger partial charge in [-0.15, -0.1) is 0 Å². The highest BCUT2D eigenvalue weighted by atomic mass is 32.2. The molecular formula is C17H17OS+. The van der Waals surface area contributed by atoms with Crippen LogP contribution in [0.1, 0.15) is 20.3 Å². The summed E-state index contributed by atoms with van der Waals surface area (Å²) in [6, 6.07) is 16.8. The Labute approximate surface area is 117 Å². The summed E-state index contributed by atoms with van der Waals surface area (Å²) >= 11 is 0. The summed E-state index contributed by atoms with van der Waals surface area (Å²) in [5, 5.41) is 0. The van der Waals surface area contributed by atoms with Crippen LogP contribution in [-0.2, 0) is 10.9 Å². The van der Waals surface area contributed by atoms with Crippen molar-refractivity contribution in [2.24, 2.45) is 0 Å². The molecule has 1 aliphatic rings. The van der Waals surface area contributed by atoms with Crippen molar-refractivity contribution in [3.05, 3.63) is 59.5 Å². The fourth-order valence-corrected chi connectivity index (χ4v) is 4.77. The second-order valence-corrected chi connectivity index (χ2v) is 6.43. The van der Waals surface area contributed by atoms with E-state index in [9.17, 15) is 0 Å². The zero-order valence-corrected chi connectivity index (χ0v) is 12.0. The quantitative estimate of drug-likeness (QED) is 0.686. The van der Waals surface area contributed by atoms with Crippen LogP contribution in [-0.4, -0.2) is 0 Å². The molecule has 0 radical (unpaired) electrons. The molecule has 19 heavy (non-hydrogen) atoms. The Bertz CT molecular complexity index is 585. The normalized spacial score (nSPS) is 14.5. The topological polar surface area (TPSA) is 9.23 Å². The van der Waals surface area contributed by atoms with Crippen LogP contribution in [0.3, 0.4) is 0 Å². The average Bonchev–Trinajstić information content (AvgIpc) is 2.47. The van der Waals surface area contributed by atoms with Crippen molar-refractivity contribution in [2.75, 3.05) is 0 Å². The number of ether oxygens (including phenoxy) is 1. The van der Waals surface area contributed by atoms with Crippen molar-refractivity contribution in [2.45, 2.75) is 30.1 Å². The lowest BCUT2D eigenvalue weighted by molar-refractivity contribution is 0.453. The average molecular weight is 269 g/mol. The second-order valence-electron chi connectivity index (χ2n) is 4.41. The molecular weight excluding hydrogens is 252 g/mol. The van der Waals surface area contributed by atoms with Crippen LogP contribution in [0.5, 0.6) is 11.5 Å². The third-order valence-electron chi connectivity index (χ3n) is 3.29. The first-order valence-electron chi connectivity index (χ1n) is 6.60. The number of hydrogen-bond acceptors (Lipinski definition) is 1. The number of para-hydroxylation sites is 2. The minimum absolute atomic E-state index is 0.00375. The van der Waals surface area contributed by atoms with Crippen molar-refractivity contribution in [3.8, 4) is 11.5 Å². The molecule has 1 aliphatic heterocycles. The van der Waals surface area contributed by atoms with Gasteiger partial charge >= 0.3 is 0 Å². The predicted molar refractivity (Wildman–Crippen MR) is 80.9 cm³/mol. The highest BCUT2D eigenvalue weighted by Gasteiger charge is 2.39. The molecule has 0 aliphatic carbocycles. The molecule has 3 rings (SSSR count). The van der Waals surface area contributed by atoms with Crippen LogP contribution < -0.4 is 4.74 Å². The van der Waals surface area contributed by atoms with Crippen LogP contribution >= 0.6 is 0 Å². The molecule has 0 unspecified atom stereocenters. The van der Waals surface area contributed by atoms with Gasteiger partial charge < -0.3 is 4.74 Å². The van der Waals surface area contributed by atoms with Gasteiger partial charge in [-0.3, -0.25) is 0 Å². The molecule has 0 amide bonds. The molecule has 2 aromatic carbocycles. The minimum Gasteiger partial charge on any atom is -0.447 e.